The van der Waals surface area contributed by atoms with Crippen molar-refractivity contribution in [3.05, 3.63) is 0 Å². The van der Waals surface area contributed by atoms with E-state index in [0.717, 1.165) is 32.0 Å². The van der Waals surface area contributed by atoms with E-state index in [1.165, 1.54) is 19.4 Å². The molecule has 1 N–H and O–H groups in total. The second-order valence-corrected chi connectivity index (χ2v) is 6.08. The van der Waals surface area contributed by atoms with E-state index in [0.29, 0.717) is 12.3 Å². The number of aliphatic carboxylic acids is 1. The average molecular weight is 254 g/mol. The predicted octanol–water partition coefficient (Wildman–Crippen LogP) is 1.51. The molecule has 0 amide bonds. The highest BCUT2D eigenvalue weighted by atomic mass is 16.4. The third-order valence-corrected chi connectivity index (χ3v) is 4.27. The Kier molecular flexibility index (Phi) is 4.62. The Morgan fingerprint density at radius 2 is 2.00 bits per heavy atom. The van der Waals surface area contributed by atoms with Gasteiger partial charge in [0.1, 0.15) is 6.04 Å². The highest BCUT2D eigenvalue weighted by Gasteiger charge is 2.32. The van der Waals surface area contributed by atoms with Crippen molar-refractivity contribution >= 4 is 5.97 Å². The van der Waals surface area contributed by atoms with E-state index in [9.17, 15) is 9.90 Å². The largest absolute Gasteiger partial charge is 0.480 e. The normalized spacial score (nSPS) is 26.7. The summed E-state index contributed by atoms with van der Waals surface area (Å²) in [5, 5.41) is 9.18. The Morgan fingerprint density at radius 3 is 2.56 bits per heavy atom. The minimum atomic E-state index is -0.663. The topological polar surface area (TPSA) is 43.8 Å². The molecular formula is C14H26N2O2. The lowest BCUT2D eigenvalue weighted by Gasteiger charge is -2.24. The maximum atomic E-state index is 11.1. The summed E-state index contributed by atoms with van der Waals surface area (Å²) in [6, 6.07) is -0.274. The maximum absolute atomic E-state index is 11.1. The average Bonchev–Trinajstić information content (AvgIpc) is 2.98. The van der Waals surface area contributed by atoms with Gasteiger partial charge in [0, 0.05) is 19.6 Å². The molecule has 0 spiro atoms. The molecule has 2 aliphatic rings. The fourth-order valence-corrected chi connectivity index (χ4v) is 3.14. The molecule has 1 saturated carbocycles. The lowest BCUT2D eigenvalue weighted by Crippen LogP contribution is -2.40. The minimum absolute atomic E-state index is 0.274. The number of nitrogens with zero attached hydrogens (tertiary/aromatic N) is 2. The van der Waals surface area contributed by atoms with Gasteiger partial charge >= 0.3 is 5.97 Å². The van der Waals surface area contributed by atoms with Gasteiger partial charge in [-0.05, 0) is 51.1 Å². The summed E-state index contributed by atoms with van der Waals surface area (Å²) < 4.78 is 0. The van der Waals surface area contributed by atoms with Gasteiger partial charge in [0.2, 0.25) is 0 Å². The van der Waals surface area contributed by atoms with Crippen molar-refractivity contribution in [1.29, 1.82) is 0 Å². The van der Waals surface area contributed by atoms with Crippen LogP contribution in [0, 0.1) is 11.8 Å². The summed E-state index contributed by atoms with van der Waals surface area (Å²) in [7, 11) is 2.20. The molecule has 0 aromatic heterocycles. The van der Waals surface area contributed by atoms with Crippen molar-refractivity contribution in [3.63, 3.8) is 0 Å². The van der Waals surface area contributed by atoms with E-state index in [2.05, 4.69) is 16.8 Å². The number of carboxylic acid groups (broad SMARTS) is 1. The summed E-state index contributed by atoms with van der Waals surface area (Å²) in [6.07, 6.45) is 4.66. The van der Waals surface area contributed by atoms with Crippen LogP contribution in [0.2, 0.25) is 0 Å². The van der Waals surface area contributed by atoms with Crippen molar-refractivity contribution in [2.75, 3.05) is 33.2 Å². The summed E-state index contributed by atoms with van der Waals surface area (Å²) in [5.74, 6) is 0.932. The van der Waals surface area contributed by atoms with Crippen LogP contribution in [0.1, 0.15) is 32.6 Å². The number of rotatable bonds is 7. The summed E-state index contributed by atoms with van der Waals surface area (Å²) in [4.78, 5) is 15.7. The quantitative estimate of drug-likeness (QED) is 0.748. The fourth-order valence-electron chi connectivity index (χ4n) is 3.14. The first kappa shape index (κ1) is 13.8. The van der Waals surface area contributed by atoms with Gasteiger partial charge in [-0.1, -0.05) is 6.92 Å². The number of carboxylic acids is 1. The smallest absolute Gasteiger partial charge is 0.320 e. The lowest BCUT2D eigenvalue weighted by atomic mass is 10.1. The van der Waals surface area contributed by atoms with Crippen molar-refractivity contribution in [2.24, 2.45) is 11.8 Å². The highest BCUT2D eigenvalue weighted by Crippen LogP contribution is 2.30. The molecule has 1 aliphatic heterocycles. The van der Waals surface area contributed by atoms with Gasteiger partial charge in [-0.2, -0.15) is 0 Å². The Labute approximate surface area is 110 Å². The molecule has 0 bridgehead atoms. The molecule has 1 heterocycles. The van der Waals surface area contributed by atoms with Gasteiger partial charge in [0.25, 0.3) is 0 Å². The predicted molar refractivity (Wildman–Crippen MR) is 71.6 cm³/mol. The number of hydrogen-bond acceptors (Lipinski definition) is 3. The van der Waals surface area contributed by atoms with Crippen LogP contribution in [0.25, 0.3) is 0 Å². The standard InChI is InChI=1S/C14H26N2O2/c1-3-13(14(17)18)16-7-6-12(10-16)9-15(2)8-11-4-5-11/h11-13H,3-10H2,1-2H3,(H,17,18). The first-order chi connectivity index (χ1) is 8.60. The molecule has 2 rings (SSSR count). The van der Waals surface area contributed by atoms with Gasteiger partial charge in [-0.3, -0.25) is 9.69 Å². The zero-order valence-electron chi connectivity index (χ0n) is 11.6. The van der Waals surface area contributed by atoms with E-state index < -0.39 is 5.97 Å². The Hall–Kier alpha value is -0.610. The molecule has 104 valence electrons. The first-order valence-electron chi connectivity index (χ1n) is 7.25. The van der Waals surface area contributed by atoms with Crippen molar-refractivity contribution in [3.8, 4) is 0 Å². The number of likely N-dealkylation sites (tertiary alicyclic amines) is 1. The third-order valence-electron chi connectivity index (χ3n) is 4.27. The molecule has 0 aromatic carbocycles. The Morgan fingerprint density at radius 1 is 1.33 bits per heavy atom. The van der Waals surface area contributed by atoms with Crippen LogP contribution in [-0.4, -0.2) is 60.1 Å². The van der Waals surface area contributed by atoms with Crippen molar-refractivity contribution < 1.29 is 9.90 Å². The van der Waals surface area contributed by atoms with Crippen LogP contribution in [0.3, 0.4) is 0 Å². The third kappa shape index (κ3) is 3.69. The molecule has 2 atom stereocenters. The highest BCUT2D eigenvalue weighted by molar-refractivity contribution is 5.73. The summed E-state index contributed by atoms with van der Waals surface area (Å²) in [5.41, 5.74) is 0. The lowest BCUT2D eigenvalue weighted by molar-refractivity contribution is -0.143. The zero-order chi connectivity index (χ0) is 13.1. The van der Waals surface area contributed by atoms with E-state index >= 15 is 0 Å². The van der Waals surface area contributed by atoms with Crippen LogP contribution in [0.5, 0.6) is 0 Å². The van der Waals surface area contributed by atoms with Crippen molar-refractivity contribution in [1.82, 2.24) is 9.80 Å². The van der Waals surface area contributed by atoms with Crippen LogP contribution < -0.4 is 0 Å². The second kappa shape index (κ2) is 6.02. The number of hydrogen-bond donors (Lipinski definition) is 1. The van der Waals surface area contributed by atoms with E-state index in [1.54, 1.807) is 0 Å². The summed E-state index contributed by atoms with van der Waals surface area (Å²) in [6.45, 7) is 6.23. The van der Waals surface area contributed by atoms with Crippen LogP contribution in [-0.2, 0) is 4.79 Å². The molecular weight excluding hydrogens is 228 g/mol. The Balaban J connectivity index is 1.74. The van der Waals surface area contributed by atoms with Crippen LogP contribution in [0.15, 0.2) is 0 Å². The van der Waals surface area contributed by atoms with E-state index in [-0.39, 0.29) is 6.04 Å². The molecule has 2 unspecified atom stereocenters. The molecule has 1 aliphatic carbocycles. The van der Waals surface area contributed by atoms with Gasteiger partial charge < -0.3 is 10.0 Å². The fraction of sp³-hybridized carbons (Fsp3) is 0.929. The molecule has 18 heavy (non-hydrogen) atoms. The molecule has 0 radical (unpaired) electrons. The van der Waals surface area contributed by atoms with Crippen LogP contribution >= 0.6 is 0 Å². The van der Waals surface area contributed by atoms with Gasteiger partial charge in [0.15, 0.2) is 0 Å². The Bertz CT molecular complexity index is 292. The van der Waals surface area contributed by atoms with E-state index in [4.69, 9.17) is 0 Å². The van der Waals surface area contributed by atoms with Gasteiger partial charge in [-0.25, -0.2) is 0 Å². The number of carbonyl (C=O) groups is 1. The van der Waals surface area contributed by atoms with Crippen molar-refractivity contribution in [2.45, 2.75) is 38.6 Å². The molecule has 0 aromatic rings. The second-order valence-electron chi connectivity index (χ2n) is 6.08. The van der Waals surface area contributed by atoms with E-state index in [1.807, 2.05) is 6.92 Å². The van der Waals surface area contributed by atoms with Gasteiger partial charge in [-0.15, -0.1) is 0 Å². The maximum Gasteiger partial charge on any atom is 0.320 e. The van der Waals surface area contributed by atoms with Gasteiger partial charge in [0.05, 0.1) is 0 Å². The monoisotopic (exact) mass is 254 g/mol. The SMILES string of the molecule is CCC(C(=O)O)N1CCC(CN(C)CC2CC2)C1. The molecule has 4 nitrogen and oxygen atoms in total. The summed E-state index contributed by atoms with van der Waals surface area (Å²) >= 11 is 0. The molecule has 1 saturated heterocycles. The molecule has 4 heteroatoms. The molecule has 2 fully saturated rings. The zero-order valence-corrected chi connectivity index (χ0v) is 11.6. The first-order valence-corrected chi connectivity index (χ1v) is 7.25. The minimum Gasteiger partial charge on any atom is -0.480 e. The van der Waals surface area contributed by atoms with Crippen LogP contribution in [0.4, 0.5) is 0 Å².